The Morgan fingerprint density at radius 3 is 2.84 bits per heavy atom. The zero-order valence-corrected chi connectivity index (χ0v) is 11.7. The fourth-order valence-corrected chi connectivity index (χ4v) is 3.38. The molecule has 1 amide bonds. The molecule has 3 nitrogen and oxygen atoms in total. The number of rotatable bonds is 1. The van der Waals surface area contributed by atoms with Crippen LogP contribution < -0.4 is 5.32 Å². The lowest BCUT2D eigenvalue weighted by molar-refractivity contribution is -0.135. The van der Waals surface area contributed by atoms with Crippen LogP contribution in [0.5, 0.6) is 0 Å². The number of fused-ring (bicyclic) bond motifs is 1. The molecule has 3 atom stereocenters. The molecule has 1 fully saturated rings. The van der Waals surface area contributed by atoms with E-state index in [-0.39, 0.29) is 11.9 Å². The molecule has 2 aliphatic rings. The Morgan fingerprint density at radius 2 is 2.11 bits per heavy atom. The Hall–Kier alpha value is -1.51. The molecule has 2 heterocycles. The van der Waals surface area contributed by atoms with Crippen LogP contribution in [0.25, 0.3) is 0 Å². The van der Waals surface area contributed by atoms with Gasteiger partial charge in [-0.2, -0.15) is 0 Å². The van der Waals surface area contributed by atoms with E-state index in [2.05, 4.69) is 36.2 Å². The Morgan fingerprint density at radius 1 is 1.32 bits per heavy atom. The zero-order chi connectivity index (χ0) is 13.4. The van der Waals surface area contributed by atoms with Gasteiger partial charge in [0, 0.05) is 24.7 Å². The Balaban J connectivity index is 1.70. The predicted molar refractivity (Wildman–Crippen MR) is 77.1 cm³/mol. The molecule has 1 N–H and O–H groups in total. The summed E-state index contributed by atoms with van der Waals surface area (Å²) in [6.07, 6.45) is 3.09. The first kappa shape index (κ1) is 12.5. The number of benzene rings is 1. The van der Waals surface area contributed by atoms with E-state index in [0.29, 0.717) is 6.04 Å². The molecule has 0 radical (unpaired) electrons. The summed E-state index contributed by atoms with van der Waals surface area (Å²) in [6.45, 7) is 5.37. The van der Waals surface area contributed by atoms with Crippen molar-refractivity contribution in [3.8, 4) is 0 Å². The molecule has 0 aliphatic carbocycles. The van der Waals surface area contributed by atoms with E-state index < -0.39 is 0 Å². The van der Waals surface area contributed by atoms with E-state index in [9.17, 15) is 4.79 Å². The van der Waals surface area contributed by atoms with Crippen molar-refractivity contribution in [3.63, 3.8) is 0 Å². The first-order chi connectivity index (χ1) is 9.15. The van der Waals surface area contributed by atoms with Crippen molar-refractivity contribution in [1.29, 1.82) is 0 Å². The minimum Gasteiger partial charge on any atom is -0.373 e. The van der Waals surface area contributed by atoms with Crippen LogP contribution in [0.2, 0.25) is 0 Å². The van der Waals surface area contributed by atoms with E-state index in [1.54, 1.807) is 0 Å². The van der Waals surface area contributed by atoms with Crippen LogP contribution in [0.1, 0.15) is 32.3 Å². The Bertz CT molecular complexity index is 460. The molecule has 0 bridgehead atoms. The Labute approximate surface area is 115 Å². The molecular weight excluding hydrogens is 236 g/mol. The number of para-hydroxylation sites is 1. The van der Waals surface area contributed by atoms with Gasteiger partial charge in [0.05, 0.1) is 0 Å². The third-order valence-corrected chi connectivity index (χ3v) is 4.49. The molecule has 1 aromatic rings. The van der Waals surface area contributed by atoms with Gasteiger partial charge in [-0.25, -0.2) is 0 Å². The quantitative estimate of drug-likeness (QED) is 0.840. The molecule has 0 aromatic heterocycles. The van der Waals surface area contributed by atoms with E-state index >= 15 is 0 Å². The lowest BCUT2D eigenvalue weighted by atomic mass is 9.92. The van der Waals surface area contributed by atoms with Crippen molar-refractivity contribution in [3.05, 3.63) is 29.8 Å². The number of anilines is 1. The number of amides is 1. The van der Waals surface area contributed by atoms with Gasteiger partial charge in [-0.3, -0.25) is 4.79 Å². The number of hydrogen-bond donors (Lipinski definition) is 1. The van der Waals surface area contributed by atoms with Crippen LogP contribution in [0.3, 0.4) is 0 Å². The van der Waals surface area contributed by atoms with E-state index in [1.807, 2.05) is 12.1 Å². The Kier molecular flexibility index (Phi) is 3.21. The predicted octanol–water partition coefficient (Wildman–Crippen LogP) is 2.67. The van der Waals surface area contributed by atoms with Gasteiger partial charge in [-0.1, -0.05) is 25.1 Å². The summed E-state index contributed by atoms with van der Waals surface area (Å²) < 4.78 is 0. The number of nitrogens with zero attached hydrogens (tertiary/aromatic N) is 1. The molecule has 1 aromatic carbocycles. The largest absolute Gasteiger partial charge is 0.373 e. The van der Waals surface area contributed by atoms with Crippen LogP contribution in [0, 0.1) is 5.92 Å². The van der Waals surface area contributed by atoms with Crippen LogP contribution in [0.15, 0.2) is 24.3 Å². The van der Waals surface area contributed by atoms with Crippen molar-refractivity contribution >= 4 is 11.6 Å². The molecule has 3 heteroatoms. The van der Waals surface area contributed by atoms with Gasteiger partial charge in [0.2, 0.25) is 5.91 Å². The number of piperidine rings is 1. The average molecular weight is 258 g/mol. The van der Waals surface area contributed by atoms with Gasteiger partial charge in [0.1, 0.15) is 6.04 Å². The van der Waals surface area contributed by atoms with Crippen molar-refractivity contribution in [2.45, 2.75) is 45.2 Å². The molecule has 2 aliphatic heterocycles. The molecular formula is C16H22N2O. The van der Waals surface area contributed by atoms with Crippen LogP contribution in [0.4, 0.5) is 5.69 Å². The molecule has 3 unspecified atom stereocenters. The summed E-state index contributed by atoms with van der Waals surface area (Å²) >= 11 is 0. The second-order valence-corrected chi connectivity index (χ2v) is 6.07. The van der Waals surface area contributed by atoms with Crippen molar-refractivity contribution in [2.75, 3.05) is 11.9 Å². The number of likely N-dealkylation sites (tertiary alicyclic amines) is 1. The molecule has 102 valence electrons. The number of carbonyl (C=O) groups is 1. The van der Waals surface area contributed by atoms with Crippen LogP contribution >= 0.6 is 0 Å². The van der Waals surface area contributed by atoms with Gasteiger partial charge in [-0.05, 0) is 37.3 Å². The maximum atomic E-state index is 12.6. The monoisotopic (exact) mass is 258 g/mol. The highest BCUT2D eigenvalue weighted by atomic mass is 16.2. The molecule has 3 rings (SSSR count). The van der Waals surface area contributed by atoms with Crippen molar-refractivity contribution < 1.29 is 4.79 Å². The third kappa shape index (κ3) is 2.34. The summed E-state index contributed by atoms with van der Waals surface area (Å²) in [5, 5.41) is 3.37. The summed E-state index contributed by atoms with van der Waals surface area (Å²) in [7, 11) is 0. The molecule has 1 saturated heterocycles. The maximum absolute atomic E-state index is 12.6. The van der Waals surface area contributed by atoms with Gasteiger partial charge in [-0.15, -0.1) is 0 Å². The normalized spacial score (nSPS) is 29.8. The number of carbonyl (C=O) groups excluding carboxylic acids is 1. The second-order valence-electron chi connectivity index (χ2n) is 6.07. The first-order valence-corrected chi connectivity index (χ1v) is 7.30. The van der Waals surface area contributed by atoms with E-state index in [0.717, 1.165) is 37.4 Å². The standard InChI is InChI=1S/C16H22N2O/c1-11-7-8-18(12(2)9-11)16(19)15-10-13-5-3-4-6-14(13)17-15/h3-6,11-12,15,17H,7-10H2,1-2H3. The van der Waals surface area contributed by atoms with Gasteiger partial charge < -0.3 is 10.2 Å². The fourth-order valence-electron chi connectivity index (χ4n) is 3.38. The highest BCUT2D eigenvalue weighted by Crippen LogP contribution is 2.28. The van der Waals surface area contributed by atoms with Gasteiger partial charge >= 0.3 is 0 Å². The molecule has 0 spiro atoms. The molecule has 0 saturated carbocycles. The van der Waals surface area contributed by atoms with Crippen LogP contribution in [-0.4, -0.2) is 29.4 Å². The van der Waals surface area contributed by atoms with Gasteiger partial charge in [0.15, 0.2) is 0 Å². The summed E-state index contributed by atoms with van der Waals surface area (Å²) in [4.78, 5) is 14.7. The summed E-state index contributed by atoms with van der Waals surface area (Å²) in [6, 6.07) is 8.54. The lowest BCUT2D eigenvalue weighted by Crippen LogP contribution is -2.50. The minimum absolute atomic E-state index is 0.0618. The molecule has 19 heavy (non-hydrogen) atoms. The number of nitrogens with one attached hydrogen (secondary N) is 1. The minimum atomic E-state index is -0.0618. The first-order valence-electron chi connectivity index (χ1n) is 7.30. The summed E-state index contributed by atoms with van der Waals surface area (Å²) in [5.41, 5.74) is 2.39. The van der Waals surface area contributed by atoms with Gasteiger partial charge in [0.25, 0.3) is 0 Å². The highest BCUT2D eigenvalue weighted by Gasteiger charge is 2.34. The highest BCUT2D eigenvalue weighted by molar-refractivity contribution is 5.87. The topological polar surface area (TPSA) is 32.3 Å². The lowest BCUT2D eigenvalue weighted by Gasteiger charge is -2.38. The number of hydrogen-bond acceptors (Lipinski definition) is 2. The zero-order valence-electron chi connectivity index (χ0n) is 11.7. The van der Waals surface area contributed by atoms with Crippen molar-refractivity contribution in [1.82, 2.24) is 4.90 Å². The maximum Gasteiger partial charge on any atom is 0.245 e. The van der Waals surface area contributed by atoms with Crippen molar-refractivity contribution in [2.24, 2.45) is 5.92 Å². The third-order valence-electron chi connectivity index (χ3n) is 4.49. The summed E-state index contributed by atoms with van der Waals surface area (Å²) in [5.74, 6) is 1.02. The van der Waals surface area contributed by atoms with E-state index in [1.165, 1.54) is 5.56 Å². The smallest absolute Gasteiger partial charge is 0.245 e. The SMILES string of the molecule is CC1CCN(C(=O)C2Cc3ccccc3N2)C(C)C1. The van der Waals surface area contributed by atoms with E-state index in [4.69, 9.17) is 0 Å². The second kappa shape index (κ2) is 4.87. The average Bonchev–Trinajstić information content (AvgIpc) is 2.81. The fraction of sp³-hybridized carbons (Fsp3) is 0.562. The van der Waals surface area contributed by atoms with Crippen LogP contribution in [-0.2, 0) is 11.2 Å².